The zero-order chi connectivity index (χ0) is 26.6. The van der Waals surface area contributed by atoms with Crippen molar-refractivity contribution in [2.45, 2.75) is 37.8 Å². The Balaban J connectivity index is 1.62. The molecule has 2 aromatic rings. The SMILES string of the molecule is [2H]c1c(CN([2H])C(=O)C(F)(F)c2ccc(Cl)cc2)ccc2c1C([2H])([2H])N(C1CCC(=O)NC1=O)C2=O. The number of alkyl halides is 2. The van der Waals surface area contributed by atoms with Gasteiger partial charge in [0, 0.05) is 35.6 Å². The van der Waals surface area contributed by atoms with Gasteiger partial charge in [-0.3, -0.25) is 24.5 Å². The zero-order valence-corrected chi connectivity index (χ0v) is 17.1. The smallest absolute Gasteiger partial charge is 0.346 e. The molecule has 2 heterocycles. The Hall–Kier alpha value is -3.33. The van der Waals surface area contributed by atoms with Crippen LogP contribution in [0.15, 0.2) is 42.4 Å². The summed E-state index contributed by atoms with van der Waals surface area (Å²) in [4.78, 5) is 49.8. The number of halogens is 3. The Morgan fingerprint density at radius 2 is 2.00 bits per heavy atom. The molecule has 1 unspecified atom stereocenters. The maximum absolute atomic E-state index is 14.7. The number of rotatable bonds is 5. The van der Waals surface area contributed by atoms with Crippen LogP contribution in [0.4, 0.5) is 8.78 Å². The second-order valence-corrected chi connectivity index (χ2v) is 7.67. The Morgan fingerprint density at radius 3 is 2.69 bits per heavy atom. The molecule has 2 aromatic carbocycles. The summed E-state index contributed by atoms with van der Waals surface area (Å²) in [7, 11) is 0. The minimum Gasteiger partial charge on any atom is -0.346 e. The van der Waals surface area contributed by atoms with Crippen molar-refractivity contribution in [3.63, 3.8) is 0 Å². The van der Waals surface area contributed by atoms with Gasteiger partial charge in [0.15, 0.2) is 1.41 Å². The third-order valence-corrected chi connectivity index (χ3v) is 5.33. The van der Waals surface area contributed by atoms with Crippen LogP contribution in [0.3, 0.4) is 0 Å². The summed E-state index contributed by atoms with van der Waals surface area (Å²) < 4.78 is 62.7. The average Bonchev–Trinajstić information content (AvgIpc) is 3.01. The average molecular weight is 466 g/mol. The molecule has 4 amide bonds. The highest BCUT2D eigenvalue weighted by Crippen LogP contribution is 2.30. The molecule has 0 spiro atoms. The molecule has 0 aliphatic carbocycles. The van der Waals surface area contributed by atoms with Crippen LogP contribution in [-0.4, -0.2) is 34.6 Å². The van der Waals surface area contributed by atoms with E-state index in [9.17, 15) is 28.0 Å². The molecule has 166 valence electrons. The highest BCUT2D eigenvalue weighted by molar-refractivity contribution is 6.30. The van der Waals surface area contributed by atoms with Crippen LogP contribution < -0.4 is 10.6 Å². The Morgan fingerprint density at radius 1 is 1.28 bits per heavy atom. The predicted octanol–water partition coefficient (Wildman–Crippen LogP) is 2.51. The van der Waals surface area contributed by atoms with Gasteiger partial charge in [-0.1, -0.05) is 35.8 Å². The van der Waals surface area contributed by atoms with E-state index in [-0.39, 0.29) is 34.3 Å². The number of piperidine rings is 1. The summed E-state index contributed by atoms with van der Waals surface area (Å²) in [6.45, 7) is -3.44. The summed E-state index contributed by atoms with van der Waals surface area (Å²) in [5.41, 5.74) is -1.48. The molecule has 1 saturated heterocycles. The van der Waals surface area contributed by atoms with Crippen LogP contribution >= 0.6 is 11.6 Å². The van der Waals surface area contributed by atoms with Crippen LogP contribution in [0.5, 0.6) is 0 Å². The molecular formula is C22H18ClF2N3O4. The maximum Gasteiger partial charge on any atom is 0.349 e. The second kappa shape index (κ2) is 8.31. The van der Waals surface area contributed by atoms with Gasteiger partial charge >= 0.3 is 5.92 Å². The number of fused-ring (bicyclic) bond motifs is 1. The number of amides is 4. The molecule has 1 atom stereocenters. The minimum atomic E-state index is -4.07. The van der Waals surface area contributed by atoms with Gasteiger partial charge in [-0.05, 0) is 35.7 Å². The number of hydrogen-bond donors (Lipinski definition) is 2. The Bertz CT molecular complexity index is 1290. The van der Waals surface area contributed by atoms with Crippen molar-refractivity contribution in [2.75, 3.05) is 0 Å². The van der Waals surface area contributed by atoms with E-state index < -0.39 is 65.8 Å². The van der Waals surface area contributed by atoms with Crippen LogP contribution in [0.25, 0.3) is 0 Å². The minimum absolute atomic E-state index is 0.0430. The Kier molecular flexibility index (Phi) is 4.48. The summed E-state index contributed by atoms with van der Waals surface area (Å²) in [5.74, 6) is -8.24. The van der Waals surface area contributed by atoms with Gasteiger partial charge in [0.2, 0.25) is 11.8 Å². The molecule has 0 bridgehead atoms. The Labute approximate surface area is 192 Å². The quantitative estimate of drug-likeness (QED) is 0.663. The standard InChI is InChI=1S/C22H18ClF2N3O4/c23-15-4-2-14(3-5-15)22(24,25)21(32)26-10-12-1-6-16-13(9-12)11-28(20(16)31)17-7-8-18(29)27-19(17)30/h1-6,9,17H,7-8,10-11H2,(H,26,32)(H,27,29,30)/i9D,11D2/hD. The molecule has 7 nitrogen and oxygen atoms in total. The van der Waals surface area contributed by atoms with Crippen molar-refractivity contribution in [1.82, 2.24) is 15.5 Å². The van der Waals surface area contributed by atoms with Gasteiger partial charge in [-0.15, -0.1) is 0 Å². The fraction of sp³-hybridized carbons (Fsp3) is 0.273. The van der Waals surface area contributed by atoms with E-state index in [1.807, 2.05) is 0 Å². The van der Waals surface area contributed by atoms with Gasteiger partial charge in [0.1, 0.15) is 6.04 Å². The molecule has 2 aliphatic heterocycles. The van der Waals surface area contributed by atoms with Crippen molar-refractivity contribution in [2.24, 2.45) is 0 Å². The first-order valence-electron chi connectivity index (χ1n) is 11.5. The largest absolute Gasteiger partial charge is 0.349 e. The zero-order valence-electron chi connectivity index (χ0n) is 20.3. The molecule has 0 radical (unpaired) electrons. The second-order valence-electron chi connectivity index (χ2n) is 7.23. The molecule has 2 aliphatic rings. The lowest BCUT2D eigenvalue weighted by molar-refractivity contribution is -0.147. The highest BCUT2D eigenvalue weighted by Gasteiger charge is 2.41. The van der Waals surface area contributed by atoms with Crippen molar-refractivity contribution in [3.8, 4) is 0 Å². The number of imide groups is 1. The van der Waals surface area contributed by atoms with E-state index in [0.717, 1.165) is 18.2 Å². The summed E-state index contributed by atoms with van der Waals surface area (Å²) >= 11 is 5.69. The van der Waals surface area contributed by atoms with Gasteiger partial charge in [0.05, 0.1) is 4.11 Å². The lowest BCUT2D eigenvalue weighted by Gasteiger charge is -2.29. The first-order chi connectivity index (χ1) is 16.8. The van der Waals surface area contributed by atoms with Crippen molar-refractivity contribution >= 4 is 35.2 Å². The van der Waals surface area contributed by atoms with Gasteiger partial charge < -0.3 is 10.2 Å². The third kappa shape index (κ3) is 4.08. The molecule has 0 aromatic heterocycles. The normalized spacial score (nSPS) is 21.8. The first kappa shape index (κ1) is 17.3. The molecular weight excluding hydrogens is 444 g/mol. The number of nitrogens with one attached hydrogen (secondary N) is 2. The third-order valence-electron chi connectivity index (χ3n) is 5.08. The topological polar surface area (TPSA) is 95.6 Å². The number of nitrogens with zero attached hydrogens (tertiary/aromatic N) is 1. The van der Waals surface area contributed by atoms with Crippen molar-refractivity contribution < 1.29 is 33.5 Å². The number of benzene rings is 2. The molecule has 4 rings (SSSR count). The van der Waals surface area contributed by atoms with Crippen LogP contribution in [0.1, 0.15) is 44.0 Å². The molecule has 10 heteroatoms. The monoisotopic (exact) mass is 465 g/mol. The number of carbonyl (C=O) groups is 4. The van der Waals surface area contributed by atoms with E-state index >= 15 is 0 Å². The fourth-order valence-electron chi connectivity index (χ4n) is 3.38. The summed E-state index contributed by atoms with van der Waals surface area (Å²) in [6, 6.07) is 4.69. The van der Waals surface area contributed by atoms with E-state index in [1.165, 1.54) is 18.2 Å². The van der Waals surface area contributed by atoms with Gasteiger partial charge in [-0.2, -0.15) is 8.78 Å². The van der Waals surface area contributed by atoms with Crippen LogP contribution in [0.2, 0.25) is 6.43 Å². The highest BCUT2D eigenvalue weighted by atomic mass is 35.5. The number of carbonyl (C=O) groups excluding carboxylic acids is 4. The molecule has 1 fully saturated rings. The van der Waals surface area contributed by atoms with E-state index in [0.29, 0.717) is 4.90 Å². The van der Waals surface area contributed by atoms with E-state index in [4.69, 9.17) is 17.1 Å². The first-order valence-corrected chi connectivity index (χ1v) is 9.89. The predicted molar refractivity (Wildman–Crippen MR) is 110 cm³/mol. The van der Waals surface area contributed by atoms with Gasteiger partial charge in [0.25, 0.3) is 11.8 Å². The number of hydrogen-bond acceptors (Lipinski definition) is 4. The molecule has 0 saturated carbocycles. The lowest BCUT2D eigenvalue weighted by atomic mass is 10.0. The van der Waals surface area contributed by atoms with Crippen molar-refractivity contribution in [3.05, 3.63) is 69.7 Å². The van der Waals surface area contributed by atoms with Crippen molar-refractivity contribution in [1.29, 1.82) is 0 Å². The fourth-order valence-corrected chi connectivity index (χ4v) is 3.51. The van der Waals surface area contributed by atoms with Crippen LogP contribution in [0, 0.1) is 0 Å². The van der Waals surface area contributed by atoms with Crippen LogP contribution in [-0.2, 0) is 33.3 Å². The van der Waals surface area contributed by atoms with E-state index in [1.54, 1.807) is 0 Å². The van der Waals surface area contributed by atoms with Gasteiger partial charge in [-0.25, -0.2) is 0 Å². The molecule has 2 N–H and O–H groups in total. The summed E-state index contributed by atoms with van der Waals surface area (Å²) in [5, 5.41) is 2.19. The molecule has 32 heavy (non-hydrogen) atoms. The lowest BCUT2D eigenvalue weighted by Crippen LogP contribution is -2.52. The summed E-state index contributed by atoms with van der Waals surface area (Å²) in [6.07, 6.45) is -0.220. The maximum atomic E-state index is 14.7. The van der Waals surface area contributed by atoms with E-state index in [2.05, 4.69) is 5.32 Å².